The first-order valence-electron chi connectivity index (χ1n) is 8.95. The van der Waals surface area contributed by atoms with Crippen molar-refractivity contribution in [3.8, 4) is 0 Å². The molecule has 1 aromatic heterocycles. The highest BCUT2D eigenvalue weighted by atomic mass is 79.9. The number of anilines is 1. The first-order valence-corrected chi connectivity index (χ1v) is 11.2. The van der Waals surface area contributed by atoms with E-state index in [1.54, 1.807) is 30.3 Å². The second kappa shape index (κ2) is 9.04. The van der Waals surface area contributed by atoms with Crippen LogP contribution in [0.3, 0.4) is 0 Å². The third-order valence-electron chi connectivity index (χ3n) is 4.51. The summed E-state index contributed by atoms with van der Waals surface area (Å²) in [5, 5.41) is 2.68. The van der Waals surface area contributed by atoms with Crippen molar-refractivity contribution in [2.45, 2.75) is 11.8 Å². The van der Waals surface area contributed by atoms with Crippen LogP contribution in [-0.4, -0.2) is 56.3 Å². The number of furan rings is 1. The third kappa shape index (κ3) is 5.11. The van der Waals surface area contributed by atoms with Crippen molar-refractivity contribution >= 4 is 43.6 Å². The zero-order chi connectivity index (χ0) is 20.1. The number of piperazine rings is 1. The Morgan fingerprint density at radius 1 is 1.21 bits per heavy atom. The Labute approximate surface area is 173 Å². The molecule has 1 amide bonds. The van der Waals surface area contributed by atoms with Crippen LogP contribution in [0, 0.1) is 0 Å². The molecule has 0 saturated carbocycles. The molecule has 1 aromatic carbocycles. The number of nitrogens with one attached hydrogen (secondary N) is 1. The van der Waals surface area contributed by atoms with Gasteiger partial charge in [0.05, 0.1) is 4.90 Å². The molecular weight excluding hydrogens is 446 g/mol. The topological polar surface area (TPSA) is 82.9 Å². The van der Waals surface area contributed by atoms with Crippen LogP contribution in [0.4, 0.5) is 5.69 Å². The molecule has 0 radical (unpaired) electrons. The average Bonchev–Trinajstić information content (AvgIpc) is 3.12. The summed E-state index contributed by atoms with van der Waals surface area (Å²) in [4.78, 5) is 14.5. The van der Waals surface area contributed by atoms with Crippen molar-refractivity contribution in [1.82, 2.24) is 9.21 Å². The minimum Gasteiger partial charge on any atom is -0.450 e. The lowest BCUT2D eigenvalue weighted by Gasteiger charge is -2.33. The number of hydrogen-bond acceptors (Lipinski definition) is 5. The van der Waals surface area contributed by atoms with Gasteiger partial charge in [-0.15, -0.1) is 0 Å². The largest absolute Gasteiger partial charge is 0.450 e. The van der Waals surface area contributed by atoms with E-state index in [2.05, 4.69) is 33.1 Å². The highest BCUT2D eigenvalue weighted by molar-refractivity contribution is 9.10. The van der Waals surface area contributed by atoms with Crippen LogP contribution in [0.1, 0.15) is 12.7 Å². The van der Waals surface area contributed by atoms with E-state index in [4.69, 9.17) is 4.42 Å². The minimum atomic E-state index is -3.59. The Morgan fingerprint density at radius 3 is 2.61 bits per heavy atom. The second-order valence-corrected chi connectivity index (χ2v) is 9.05. The van der Waals surface area contributed by atoms with Crippen LogP contribution >= 0.6 is 15.9 Å². The van der Waals surface area contributed by atoms with Crippen LogP contribution in [0.25, 0.3) is 6.08 Å². The quantitative estimate of drug-likeness (QED) is 0.660. The monoisotopic (exact) mass is 467 g/mol. The van der Waals surface area contributed by atoms with Gasteiger partial charge in [-0.25, -0.2) is 8.42 Å². The van der Waals surface area contributed by atoms with Gasteiger partial charge in [-0.3, -0.25) is 4.79 Å². The molecule has 2 heterocycles. The molecule has 150 valence electrons. The number of carbonyl (C=O) groups excluding carboxylic acids is 1. The molecule has 28 heavy (non-hydrogen) atoms. The summed E-state index contributed by atoms with van der Waals surface area (Å²) in [6, 6.07) is 9.76. The third-order valence-corrected chi connectivity index (χ3v) is 6.83. The fourth-order valence-corrected chi connectivity index (χ4v) is 4.72. The number of nitrogens with zero attached hydrogens (tertiary/aromatic N) is 2. The SMILES string of the molecule is CCN1CCN(S(=O)(=O)c2cccc(NC(=O)/C=C/c3ccc(Br)o3)c2)CC1. The summed E-state index contributed by atoms with van der Waals surface area (Å²) in [6.07, 6.45) is 2.87. The molecule has 0 bridgehead atoms. The molecule has 1 aliphatic rings. The molecular formula is C19H22BrN3O4S. The van der Waals surface area contributed by atoms with Crippen molar-refractivity contribution in [3.05, 3.63) is 52.9 Å². The smallest absolute Gasteiger partial charge is 0.248 e. The fourth-order valence-electron chi connectivity index (χ4n) is 2.93. The van der Waals surface area contributed by atoms with E-state index < -0.39 is 10.0 Å². The molecule has 2 aromatic rings. The van der Waals surface area contributed by atoms with E-state index in [1.807, 2.05) is 0 Å². The van der Waals surface area contributed by atoms with Crippen molar-refractivity contribution in [1.29, 1.82) is 0 Å². The summed E-state index contributed by atoms with van der Waals surface area (Å²) in [6.45, 7) is 5.36. The van der Waals surface area contributed by atoms with Gasteiger partial charge in [0, 0.05) is 37.9 Å². The van der Waals surface area contributed by atoms with Gasteiger partial charge in [0.25, 0.3) is 0 Å². The average molecular weight is 468 g/mol. The number of benzene rings is 1. The highest BCUT2D eigenvalue weighted by Gasteiger charge is 2.28. The maximum absolute atomic E-state index is 12.9. The van der Waals surface area contributed by atoms with E-state index in [1.165, 1.54) is 22.5 Å². The predicted octanol–water partition coefficient (Wildman–Crippen LogP) is 3.02. The Hall–Kier alpha value is -1.94. The van der Waals surface area contributed by atoms with Crippen molar-refractivity contribution in [3.63, 3.8) is 0 Å². The van der Waals surface area contributed by atoms with Crippen molar-refractivity contribution in [2.24, 2.45) is 0 Å². The molecule has 9 heteroatoms. The Balaban J connectivity index is 1.68. The summed E-state index contributed by atoms with van der Waals surface area (Å²) < 4.78 is 33.2. The van der Waals surface area contributed by atoms with Gasteiger partial charge in [-0.1, -0.05) is 13.0 Å². The molecule has 1 N–H and O–H groups in total. The maximum atomic E-state index is 12.9. The van der Waals surface area contributed by atoms with Gasteiger partial charge in [0.15, 0.2) is 4.67 Å². The van der Waals surface area contributed by atoms with Crippen molar-refractivity contribution < 1.29 is 17.6 Å². The van der Waals surface area contributed by atoms with Gasteiger partial charge in [0.1, 0.15) is 5.76 Å². The second-order valence-electron chi connectivity index (χ2n) is 6.33. The van der Waals surface area contributed by atoms with Crippen LogP contribution in [0.5, 0.6) is 0 Å². The van der Waals surface area contributed by atoms with Crippen LogP contribution < -0.4 is 5.32 Å². The summed E-state index contributed by atoms with van der Waals surface area (Å²) in [7, 11) is -3.59. The number of carbonyl (C=O) groups is 1. The predicted molar refractivity (Wildman–Crippen MR) is 111 cm³/mol. The van der Waals surface area contributed by atoms with Gasteiger partial charge in [-0.2, -0.15) is 4.31 Å². The van der Waals surface area contributed by atoms with E-state index in [0.29, 0.717) is 29.2 Å². The Bertz CT molecular complexity index is 963. The Kier molecular flexibility index (Phi) is 6.71. The fraction of sp³-hybridized carbons (Fsp3) is 0.316. The molecule has 0 atom stereocenters. The molecule has 7 nitrogen and oxygen atoms in total. The molecule has 1 fully saturated rings. The normalized spacial score (nSPS) is 16.5. The molecule has 3 rings (SSSR count). The summed E-state index contributed by atoms with van der Waals surface area (Å²) in [5.74, 6) is 0.156. The number of sulfonamides is 1. The highest BCUT2D eigenvalue weighted by Crippen LogP contribution is 2.21. The van der Waals surface area contributed by atoms with Crippen molar-refractivity contribution in [2.75, 3.05) is 38.0 Å². The molecule has 0 unspecified atom stereocenters. The number of likely N-dealkylation sites (N-methyl/N-ethyl adjacent to an activating group) is 1. The summed E-state index contributed by atoms with van der Waals surface area (Å²) >= 11 is 3.19. The maximum Gasteiger partial charge on any atom is 0.248 e. The minimum absolute atomic E-state index is 0.175. The first-order chi connectivity index (χ1) is 13.4. The lowest BCUT2D eigenvalue weighted by atomic mass is 10.3. The van der Waals surface area contributed by atoms with E-state index in [9.17, 15) is 13.2 Å². The molecule has 1 aliphatic heterocycles. The number of rotatable bonds is 6. The van der Waals surface area contributed by atoms with Gasteiger partial charge in [0.2, 0.25) is 15.9 Å². The first kappa shape index (κ1) is 20.8. The van der Waals surface area contributed by atoms with Gasteiger partial charge in [-0.05, 0) is 58.9 Å². The van der Waals surface area contributed by atoms with Crippen LogP contribution in [-0.2, 0) is 14.8 Å². The van der Waals surface area contributed by atoms with Gasteiger partial charge >= 0.3 is 0 Å². The van der Waals surface area contributed by atoms with E-state index >= 15 is 0 Å². The van der Waals surface area contributed by atoms with Crippen LogP contribution in [0.2, 0.25) is 0 Å². The standard InChI is InChI=1S/C19H22BrN3O4S/c1-2-22-10-12-23(13-11-22)28(25,26)17-5-3-4-15(14-17)21-19(24)9-7-16-6-8-18(20)27-16/h3-9,14H,2,10-13H2,1H3,(H,21,24)/b9-7+. The number of amides is 1. The lowest BCUT2D eigenvalue weighted by Crippen LogP contribution is -2.48. The molecule has 0 spiro atoms. The summed E-state index contributed by atoms with van der Waals surface area (Å²) in [5.41, 5.74) is 0.420. The molecule has 0 aliphatic carbocycles. The Morgan fingerprint density at radius 2 is 1.96 bits per heavy atom. The van der Waals surface area contributed by atoms with E-state index in [-0.39, 0.29) is 10.8 Å². The van der Waals surface area contributed by atoms with E-state index in [0.717, 1.165) is 19.6 Å². The lowest BCUT2D eigenvalue weighted by molar-refractivity contribution is -0.111. The van der Waals surface area contributed by atoms with Gasteiger partial charge < -0.3 is 14.6 Å². The molecule has 1 saturated heterocycles. The number of hydrogen-bond donors (Lipinski definition) is 1. The number of halogens is 1. The zero-order valence-corrected chi connectivity index (χ0v) is 17.9. The van der Waals surface area contributed by atoms with Crippen LogP contribution in [0.15, 0.2) is 56.5 Å². The zero-order valence-electron chi connectivity index (χ0n) is 15.5.